The van der Waals surface area contributed by atoms with Crippen molar-refractivity contribution >= 4 is 11.8 Å². The van der Waals surface area contributed by atoms with Crippen LogP contribution in [-0.2, 0) is 9.59 Å². The van der Waals surface area contributed by atoms with E-state index in [1.165, 1.54) is 12.2 Å². The number of nitrogens with zero attached hydrogens (tertiary/aromatic N) is 2. The Balaban J connectivity index is 4.12. The number of hydrogen-bond acceptors (Lipinski definition) is 6. The number of nitrogens with one attached hydrogen (secondary N) is 2. The third-order valence-electron chi connectivity index (χ3n) is 2.73. The molecule has 0 radical (unpaired) electrons. The molecule has 0 saturated carbocycles. The lowest BCUT2D eigenvalue weighted by Crippen LogP contribution is -2.38. The molecule has 0 rings (SSSR count). The summed E-state index contributed by atoms with van der Waals surface area (Å²) in [6.45, 7) is 10.2. The van der Waals surface area contributed by atoms with E-state index >= 15 is 0 Å². The van der Waals surface area contributed by atoms with Crippen LogP contribution in [0.2, 0.25) is 0 Å². The van der Waals surface area contributed by atoms with Crippen molar-refractivity contribution < 1.29 is 19.8 Å². The second kappa shape index (κ2) is 10.6. The Hall–Kier alpha value is -2.06. The van der Waals surface area contributed by atoms with E-state index in [0.29, 0.717) is 0 Å². The van der Waals surface area contributed by atoms with Gasteiger partial charge in [-0.3, -0.25) is 9.59 Å². The molecule has 0 heterocycles. The van der Waals surface area contributed by atoms with Crippen molar-refractivity contribution in [2.24, 2.45) is 22.1 Å². The number of azo groups is 1. The van der Waals surface area contributed by atoms with E-state index in [4.69, 9.17) is 0 Å². The average molecular weight is 312 g/mol. The van der Waals surface area contributed by atoms with Crippen molar-refractivity contribution in [3.05, 3.63) is 25.3 Å². The Kier molecular flexibility index (Phi) is 9.64. The quantitative estimate of drug-likeness (QED) is 0.256. The SMILES string of the molecule is C=CC(O)NC(=O)C(C)CN=NCC(C)C(=O)NC(O)C=C. The first kappa shape index (κ1) is 19.9. The molecule has 0 aromatic rings. The van der Waals surface area contributed by atoms with Gasteiger partial charge >= 0.3 is 0 Å². The van der Waals surface area contributed by atoms with E-state index in [1.807, 2.05) is 0 Å². The Bertz CT molecular complexity index is 387. The third kappa shape index (κ3) is 8.28. The Morgan fingerprint density at radius 2 is 1.27 bits per heavy atom. The van der Waals surface area contributed by atoms with Crippen LogP contribution < -0.4 is 10.6 Å². The molecule has 0 aliphatic heterocycles. The summed E-state index contributed by atoms with van der Waals surface area (Å²) in [6.07, 6.45) is 0.215. The lowest BCUT2D eigenvalue weighted by Gasteiger charge is -2.13. The average Bonchev–Trinajstić information content (AvgIpc) is 2.50. The summed E-state index contributed by atoms with van der Waals surface area (Å²) < 4.78 is 0. The highest BCUT2D eigenvalue weighted by atomic mass is 16.3. The number of hydrogen-bond donors (Lipinski definition) is 4. The van der Waals surface area contributed by atoms with E-state index in [0.717, 1.165) is 0 Å². The number of carbonyl (C=O) groups is 2. The zero-order chi connectivity index (χ0) is 17.1. The van der Waals surface area contributed by atoms with Gasteiger partial charge in [0, 0.05) is 0 Å². The van der Waals surface area contributed by atoms with Crippen LogP contribution in [0.15, 0.2) is 35.5 Å². The Labute approximate surface area is 130 Å². The zero-order valence-electron chi connectivity index (χ0n) is 12.9. The van der Waals surface area contributed by atoms with Gasteiger partial charge in [0.1, 0.15) is 12.5 Å². The van der Waals surface area contributed by atoms with Gasteiger partial charge < -0.3 is 20.8 Å². The van der Waals surface area contributed by atoms with Crippen molar-refractivity contribution in [2.75, 3.05) is 13.1 Å². The number of amides is 2. The first-order valence-electron chi connectivity index (χ1n) is 6.87. The fourth-order valence-electron chi connectivity index (χ4n) is 1.22. The molecule has 0 aromatic heterocycles. The van der Waals surface area contributed by atoms with Crippen molar-refractivity contribution in [1.29, 1.82) is 0 Å². The van der Waals surface area contributed by atoms with Crippen LogP contribution in [0.25, 0.3) is 0 Å². The second-order valence-electron chi connectivity index (χ2n) is 4.83. The van der Waals surface area contributed by atoms with Crippen LogP contribution in [-0.4, -0.2) is 47.6 Å². The largest absolute Gasteiger partial charge is 0.370 e. The van der Waals surface area contributed by atoms with Crippen LogP contribution in [0.5, 0.6) is 0 Å². The van der Waals surface area contributed by atoms with Crippen LogP contribution in [0.3, 0.4) is 0 Å². The minimum Gasteiger partial charge on any atom is -0.370 e. The summed E-state index contributed by atoms with van der Waals surface area (Å²) >= 11 is 0. The first-order chi connectivity index (χ1) is 10.3. The van der Waals surface area contributed by atoms with Gasteiger partial charge in [-0.05, 0) is 12.2 Å². The van der Waals surface area contributed by atoms with E-state index in [1.54, 1.807) is 13.8 Å². The molecule has 22 heavy (non-hydrogen) atoms. The molecule has 8 heteroatoms. The van der Waals surface area contributed by atoms with E-state index < -0.39 is 24.3 Å². The maximum absolute atomic E-state index is 11.6. The molecule has 124 valence electrons. The van der Waals surface area contributed by atoms with Crippen molar-refractivity contribution in [3.8, 4) is 0 Å². The highest BCUT2D eigenvalue weighted by molar-refractivity contribution is 5.79. The summed E-state index contributed by atoms with van der Waals surface area (Å²) in [6, 6.07) is 0. The maximum atomic E-state index is 11.6. The molecule has 0 aliphatic rings. The topological polar surface area (TPSA) is 123 Å². The van der Waals surface area contributed by atoms with Gasteiger partial charge in [-0.25, -0.2) is 0 Å². The zero-order valence-corrected chi connectivity index (χ0v) is 12.9. The summed E-state index contributed by atoms with van der Waals surface area (Å²) in [4.78, 5) is 23.2. The molecule has 0 spiro atoms. The Morgan fingerprint density at radius 3 is 1.55 bits per heavy atom. The van der Waals surface area contributed by atoms with Gasteiger partial charge in [0.15, 0.2) is 0 Å². The van der Waals surface area contributed by atoms with Crippen LogP contribution in [0.1, 0.15) is 13.8 Å². The van der Waals surface area contributed by atoms with E-state index in [-0.39, 0.29) is 24.9 Å². The predicted molar refractivity (Wildman–Crippen MR) is 81.6 cm³/mol. The van der Waals surface area contributed by atoms with E-state index in [2.05, 4.69) is 34.0 Å². The number of aliphatic hydroxyl groups is 2. The fourth-order valence-corrected chi connectivity index (χ4v) is 1.22. The van der Waals surface area contributed by atoms with Gasteiger partial charge in [0.25, 0.3) is 0 Å². The number of aliphatic hydroxyl groups excluding tert-OH is 2. The highest BCUT2D eigenvalue weighted by Gasteiger charge is 2.15. The van der Waals surface area contributed by atoms with Gasteiger partial charge in [0.2, 0.25) is 11.8 Å². The summed E-state index contributed by atoms with van der Waals surface area (Å²) in [5, 5.41) is 30.7. The molecule has 4 unspecified atom stereocenters. The molecular weight excluding hydrogens is 288 g/mol. The fraction of sp³-hybridized carbons (Fsp3) is 0.571. The van der Waals surface area contributed by atoms with Crippen LogP contribution >= 0.6 is 0 Å². The normalized spacial score (nSPS) is 16.4. The minimum absolute atomic E-state index is 0.138. The van der Waals surface area contributed by atoms with Crippen LogP contribution in [0, 0.1) is 11.8 Å². The molecule has 4 N–H and O–H groups in total. The second-order valence-corrected chi connectivity index (χ2v) is 4.83. The highest BCUT2D eigenvalue weighted by Crippen LogP contribution is 2.00. The molecule has 0 aromatic carbocycles. The maximum Gasteiger partial charge on any atom is 0.226 e. The molecule has 0 bridgehead atoms. The number of carbonyl (C=O) groups excluding carboxylic acids is 2. The van der Waals surface area contributed by atoms with E-state index in [9.17, 15) is 19.8 Å². The first-order valence-corrected chi connectivity index (χ1v) is 6.87. The molecule has 4 atom stereocenters. The van der Waals surface area contributed by atoms with Gasteiger partial charge in [-0.2, -0.15) is 10.2 Å². The summed E-state index contributed by atoms with van der Waals surface area (Å²) in [5.74, 6) is -1.67. The van der Waals surface area contributed by atoms with Gasteiger partial charge in [0.05, 0.1) is 24.9 Å². The van der Waals surface area contributed by atoms with Crippen molar-refractivity contribution in [3.63, 3.8) is 0 Å². The van der Waals surface area contributed by atoms with Gasteiger partial charge in [-0.1, -0.05) is 27.0 Å². The van der Waals surface area contributed by atoms with Gasteiger partial charge in [-0.15, -0.1) is 0 Å². The summed E-state index contributed by atoms with van der Waals surface area (Å²) in [7, 11) is 0. The summed E-state index contributed by atoms with van der Waals surface area (Å²) in [5.41, 5.74) is 0. The molecule has 0 saturated heterocycles. The van der Waals surface area contributed by atoms with Crippen LogP contribution in [0.4, 0.5) is 0 Å². The smallest absolute Gasteiger partial charge is 0.226 e. The molecule has 0 fully saturated rings. The third-order valence-corrected chi connectivity index (χ3v) is 2.73. The molecule has 2 amide bonds. The predicted octanol–water partition coefficient (Wildman–Crippen LogP) is -0.0480. The monoisotopic (exact) mass is 312 g/mol. The Morgan fingerprint density at radius 1 is 0.955 bits per heavy atom. The standard InChI is InChI=1S/C14H24N4O4/c1-5-11(19)17-13(21)9(3)7-15-16-8-10(4)14(22)18-12(20)6-2/h5-6,9-12,19-20H,1-2,7-8H2,3-4H3,(H,17,21)(H,18,22). The van der Waals surface area contributed by atoms with Crippen molar-refractivity contribution in [2.45, 2.75) is 26.3 Å². The van der Waals surface area contributed by atoms with Crippen molar-refractivity contribution in [1.82, 2.24) is 10.6 Å². The number of rotatable bonds is 10. The lowest BCUT2D eigenvalue weighted by atomic mass is 10.1. The molecular formula is C14H24N4O4. The molecule has 8 nitrogen and oxygen atoms in total. The minimum atomic E-state index is -1.09. The molecule has 0 aliphatic carbocycles. The lowest BCUT2D eigenvalue weighted by molar-refractivity contribution is -0.127.